The first-order chi connectivity index (χ1) is 8.66. The molecule has 0 saturated carbocycles. The fourth-order valence-electron chi connectivity index (χ4n) is 3.01. The van der Waals surface area contributed by atoms with Gasteiger partial charge in [0.2, 0.25) is 0 Å². The molecule has 18 heavy (non-hydrogen) atoms. The maximum Gasteiger partial charge on any atom is -0.0152 e. The van der Waals surface area contributed by atoms with E-state index < -0.39 is 0 Å². The number of hydrogen-bond donors (Lipinski definition) is 0. The lowest BCUT2D eigenvalue weighted by atomic mass is 9.92. The Balaban J connectivity index is 2.13. The molecule has 0 nitrogen and oxygen atoms in total. The normalized spacial score (nSPS) is 13.7. The minimum Gasteiger partial charge on any atom is -0.0584 e. The van der Waals surface area contributed by atoms with E-state index in [1.165, 1.54) is 47.1 Å². The van der Waals surface area contributed by atoms with E-state index in [0.717, 1.165) is 0 Å². The summed E-state index contributed by atoms with van der Waals surface area (Å²) in [5.41, 5.74) is 10.1. The van der Waals surface area contributed by atoms with E-state index in [-0.39, 0.29) is 0 Å². The van der Waals surface area contributed by atoms with E-state index in [9.17, 15) is 0 Å². The highest BCUT2D eigenvalue weighted by Gasteiger charge is 2.12. The first-order valence-electron chi connectivity index (χ1n) is 6.86. The van der Waals surface area contributed by atoms with Crippen LogP contribution in [0, 0.1) is 20.8 Å². The van der Waals surface area contributed by atoms with Gasteiger partial charge in [0.25, 0.3) is 0 Å². The Hall–Kier alpha value is -1.56. The molecular formula is C18H20. The molecule has 0 amide bonds. The minimum atomic E-state index is 1.26. The molecule has 0 aliphatic heterocycles. The van der Waals surface area contributed by atoms with Crippen molar-refractivity contribution in [3.05, 3.63) is 58.1 Å². The molecular weight excluding hydrogens is 216 g/mol. The Labute approximate surface area is 110 Å². The highest BCUT2D eigenvalue weighted by molar-refractivity contribution is 5.70. The molecule has 0 heteroatoms. The molecule has 0 bridgehead atoms. The molecule has 92 valence electrons. The Morgan fingerprint density at radius 3 is 2.39 bits per heavy atom. The summed E-state index contributed by atoms with van der Waals surface area (Å²) < 4.78 is 0. The fraction of sp³-hybridized carbons (Fsp3) is 0.333. The second-order valence-corrected chi connectivity index (χ2v) is 5.52. The zero-order chi connectivity index (χ0) is 12.7. The summed E-state index contributed by atoms with van der Waals surface area (Å²) in [4.78, 5) is 0. The zero-order valence-electron chi connectivity index (χ0n) is 11.5. The summed E-state index contributed by atoms with van der Waals surface area (Å²) in [6.45, 7) is 6.65. The monoisotopic (exact) mass is 236 g/mol. The molecule has 1 aliphatic carbocycles. The largest absolute Gasteiger partial charge is 0.0584 e. The van der Waals surface area contributed by atoms with Crippen LogP contribution in [-0.2, 0) is 12.8 Å². The number of fused-ring (bicyclic) bond motifs is 1. The third-order valence-corrected chi connectivity index (χ3v) is 4.47. The molecule has 0 fully saturated rings. The maximum atomic E-state index is 2.40. The van der Waals surface area contributed by atoms with Crippen molar-refractivity contribution in [2.75, 3.05) is 0 Å². The minimum absolute atomic E-state index is 1.26. The Morgan fingerprint density at radius 2 is 1.56 bits per heavy atom. The summed E-state index contributed by atoms with van der Waals surface area (Å²) in [5, 5.41) is 0. The van der Waals surface area contributed by atoms with Crippen LogP contribution in [0.3, 0.4) is 0 Å². The number of aryl methyl sites for hydroxylation is 3. The summed E-state index contributed by atoms with van der Waals surface area (Å²) >= 11 is 0. The molecule has 0 saturated heterocycles. The first-order valence-corrected chi connectivity index (χ1v) is 6.86. The van der Waals surface area contributed by atoms with Crippen LogP contribution in [-0.4, -0.2) is 0 Å². The second kappa shape index (κ2) is 4.28. The smallest absolute Gasteiger partial charge is 0.0152 e. The van der Waals surface area contributed by atoms with E-state index in [1.54, 1.807) is 11.1 Å². The third kappa shape index (κ3) is 1.77. The van der Waals surface area contributed by atoms with Gasteiger partial charge >= 0.3 is 0 Å². The lowest BCUT2D eigenvalue weighted by Crippen LogP contribution is -1.92. The van der Waals surface area contributed by atoms with Gasteiger partial charge in [-0.1, -0.05) is 30.3 Å². The molecule has 0 atom stereocenters. The second-order valence-electron chi connectivity index (χ2n) is 5.52. The molecule has 0 heterocycles. The van der Waals surface area contributed by atoms with E-state index in [2.05, 4.69) is 51.1 Å². The van der Waals surface area contributed by atoms with E-state index >= 15 is 0 Å². The van der Waals surface area contributed by atoms with Gasteiger partial charge in [0.15, 0.2) is 0 Å². The van der Waals surface area contributed by atoms with Gasteiger partial charge in [0.1, 0.15) is 0 Å². The van der Waals surface area contributed by atoms with Crippen molar-refractivity contribution in [1.82, 2.24) is 0 Å². The van der Waals surface area contributed by atoms with Crippen LogP contribution in [0.4, 0.5) is 0 Å². The van der Waals surface area contributed by atoms with Crippen LogP contribution in [0.1, 0.15) is 34.2 Å². The van der Waals surface area contributed by atoms with Gasteiger partial charge in [0, 0.05) is 0 Å². The van der Waals surface area contributed by atoms with Crippen LogP contribution in [0.5, 0.6) is 0 Å². The molecule has 0 N–H and O–H groups in total. The average Bonchev–Trinajstić information content (AvgIpc) is 2.83. The maximum absolute atomic E-state index is 2.40. The van der Waals surface area contributed by atoms with Gasteiger partial charge < -0.3 is 0 Å². The molecule has 2 aromatic rings. The Bertz CT molecular complexity index is 606. The van der Waals surface area contributed by atoms with Crippen molar-refractivity contribution >= 4 is 0 Å². The zero-order valence-corrected chi connectivity index (χ0v) is 11.5. The highest BCUT2D eigenvalue weighted by Crippen LogP contribution is 2.31. The topological polar surface area (TPSA) is 0 Å². The van der Waals surface area contributed by atoms with Gasteiger partial charge in [-0.25, -0.2) is 0 Å². The van der Waals surface area contributed by atoms with Crippen LogP contribution in [0.25, 0.3) is 11.1 Å². The van der Waals surface area contributed by atoms with Crippen molar-refractivity contribution in [2.45, 2.75) is 40.0 Å². The predicted octanol–water partition coefficient (Wildman–Crippen LogP) is 4.77. The van der Waals surface area contributed by atoms with Gasteiger partial charge in [-0.2, -0.15) is 0 Å². The summed E-state index contributed by atoms with van der Waals surface area (Å²) in [6, 6.07) is 11.5. The first kappa shape index (κ1) is 11.5. The van der Waals surface area contributed by atoms with Crippen LogP contribution >= 0.6 is 0 Å². The van der Waals surface area contributed by atoms with Crippen molar-refractivity contribution in [3.8, 4) is 11.1 Å². The molecule has 1 aliphatic rings. The van der Waals surface area contributed by atoms with E-state index in [4.69, 9.17) is 0 Å². The van der Waals surface area contributed by atoms with Crippen molar-refractivity contribution in [1.29, 1.82) is 0 Å². The Kier molecular flexibility index (Phi) is 2.74. The fourth-order valence-corrected chi connectivity index (χ4v) is 3.01. The predicted molar refractivity (Wildman–Crippen MR) is 78.1 cm³/mol. The van der Waals surface area contributed by atoms with Gasteiger partial charge in [0.05, 0.1) is 0 Å². The Morgan fingerprint density at radius 1 is 0.778 bits per heavy atom. The summed E-state index contributed by atoms with van der Waals surface area (Å²) in [6.07, 6.45) is 3.85. The summed E-state index contributed by atoms with van der Waals surface area (Å²) in [7, 11) is 0. The SMILES string of the molecule is Cc1ccc(-c2ccc3c(c2)CCC3)c(C)c1C. The lowest BCUT2D eigenvalue weighted by molar-refractivity contribution is 0.912. The van der Waals surface area contributed by atoms with Crippen molar-refractivity contribution in [3.63, 3.8) is 0 Å². The average molecular weight is 236 g/mol. The van der Waals surface area contributed by atoms with Gasteiger partial charge in [-0.3, -0.25) is 0 Å². The highest BCUT2D eigenvalue weighted by atomic mass is 14.2. The lowest BCUT2D eigenvalue weighted by Gasteiger charge is -2.12. The molecule has 0 aromatic heterocycles. The van der Waals surface area contributed by atoms with Crippen LogP contribution < -0.4 is 0 Å². The van der Waals surface area contributed by atoms with Crippen molar-refractivity contribution in [2.24, 2.45) is 0 Å². The van der Waals surface area contributed by atoms with Crippen molar-refractivity contribution < 1.29 is 0 Å². The molecule has 0 unspecified atom stereocenters. The molecule has 3 rings (SSSR count). The van der Waals surface area contributed by atoms with Crippen LogP contribution in [0.15, 0.2) is 30.3 Å². The van der Waals surface area contributed by atoms with E-state index in [1.807, 2.05) is 0 Å². The summed E-state index contributed by atoms with van der Waals surface area (Å²) in [5.74, 6) is 0. The quantitative estimate of drug-likeness (QED) is 0.669. The number of rotatable bonds is 1. The number of benzene rings is 2. The number of hydrogen-bond acceptors (Lipinski definition) is 0. The van der Waals surface area contributed by atoms with Gasteiger partial charge in [-0.05, 0) is 79.0 Å². The van der Waals surface area contributed by atoms with E-state index in [0.29, 0.717) is 0 Å². The standard InChI is InChI=1S/C18H20/c1-12-7-10-18(14(3)13(12)2)17-9-8-15-5-4-6-16(15)11-17/h7-11H,4-6H2,1-3H3. The molecule has 0 spiro atoms. The molecule has 0 radical (unpaired) electrons. The van der Waals surface area contributed by atoms with Crippen LogP contribution in [0.2, 0.25) is 0 Å². The van der Waals surface area contributed by atoms with Gasteiger partial charge in [-0.15, -0.1) is 0 Å². The molecule has 2 aromatic carbocycles. The third-order valence-electron chi connectivity index (χ3n) is 4.47.